The summed E-state index contributed by atoms with van der Waals surface area (Å²) in [5, 5.41) is 16.0. The number of hydrogen-bond acceptors (Lipinski definition) is 3. The molecule has 3 N–H and O–H groups in total. The molecule has 1 aliphatic heterocycles. The van der Waals surface area contributed by atoms with Gasteiger partial charge in [-0.15, -0.1) is 0 Å². The lowest BCUT2D eigenvalue weighted by atomic mass is 9.78. The lowest BCUT2D eigenvalue weighted by Crippen LogP contribution is -2.48. The Morgan fingerprint density at radius 2 is 1.95 bits per heavy atom. The van der Waals surface area contributed by atoms with Crippen molar-refractivity contribution in [3.05, 3.63) is 0 Å². The quantitative estimate of drug-likeness (QED) is 0.744. The molecule has 2 saturated carbocycles. The van der Waals surface area contributed by atoms with Crippen LogP contribution in [0.3, 0.4) is 0 Å². The third-order valence-electron chi connectivity index (χ3n) is 6.06. The molecule has 4 heteroatoms. The minimum atomic E-state index is 0.0242. The van der Waals surface area contributed by atoms with Gasteiger partial charge >= 0.3 is 0 Å². The van der Waals surface area contributed by atoms with Gasteiger partial charge in [0.2, 0.25) is 5.91 Å². The summed E-state index contributed by atoms with van der Waals surface area (Å²) in [6.45, 7) is 2.62. The maximum Gasteiger partial charge on any atom is 0.237 e. The predicted octanol–water partition coefficient (Wildman–Crippen LogP) is 1.82. The molecule has 1 heterocycles. The fraction of sp³-hybridized carbons (Fsp3) is 0.941. The maximum atomic E-state index is 12.5. The number of fused-ring (bicyclic) bond motifs is 1. The van der Waals surface area contributed by atoms with Crippen molar-refractivity contribution in [1.29, 1.82) is 0 Å². The summed E-state index contributed by atoms with van der Waals surface area (Å²) >= 11 is 0. The lowest BCUT2D eigenvalue weighted by molar-refractivity contribution is -0.123. The van der Waals surface area contributed by atoms with Crippen LogP contribution in [0.4, 0.5) is 0 Å². The molecule has 0 aromatic rings. The zero-order chi connectivity index (χ0) is 14.8. The molecule has 0 spiro atoms. The van der Waals surface area contributed by atoms with Crippen molar-refractivity contribution in [3.63, 3.8) is 0 Å². The molecule has 4 atom stereocenters. The van der Waals surface area contributed by atoms with Crippen molar-refractivity contribution in [2.75, 3.05) is 6.61 Å². The molecular formula is C17H30N2O2. The van der Waals surface area contributed by atoms with Crippen LogP contribution in [-0.4, -0.2) is 35.7 Å². The number of carbonyl (C=O) groups excluding carboxylic acids is 1. The van der Waals surface area contributed by atoms with Gasteiger partial charge in [-0.1, -0.05) is 13.3 Å². The van der Waals surface area contributed by atoms with E-state index < -0.39 is 0 Å². The van der Waals surface area contributed by atoms with Gasteiger partial charge in [-0.25, -0.2) is 0 Å². The molecule has 120 valence electrons. The summed E-state index contributed by atoms with van der Waals surface area (Å²) in [5.74, 6) is 2.08. The molecule has 3 fully saturated rings. The van der Waals surface area contributed by atoms with Crippen molar-refractivity contribution >= 4 is 5.91 Å². The highest BCUT2D eigenvalue weighted by Crippen LogP contribution is 2.36. The first kappa shape index (κ1) is 15.3. The second-order valence-corrected chi connectivity index (χ2v) is 7.56. The van der Waals surface area contributed by atoms with Crippen LogP contribution in [-0.2, 0) is 4.79 Å². The van der Waals surface area contributed by atoms with Gasteiger partial charge in [0.1, 0.15) is 0 Å². The molecule has 1 amide bonds. The van der Waals surface area contributed by atoms with Gasteiger partial charge in [0, 0.05) is 18.7 Å². The zero-order valence-corrected chi connectivity index (χ0v) is 13.2. The highest BCUT2D eigenvalue weighted by atomic mass is 16.3. The third kappa shape index (κ3) is 3.42. The van der Waals surface area contributed by atoms with Gasteiger partial charge in [-0.2, -0.15) is 0 Å². The van der Waals surface area contributed by atoms with E-state index in [0.29, 0.717) is 36.4 Å². The Labute approximate surface area is 128 Å². The predicted molar refractivity (Wildman–Crippen MR) is 82.8 cm³/mol. The summed E-state index contributed by atoms with van der Waals surface area (Å²) < 4.78 is 0. The Bertz CT molecular complexity index is 366. The van der Waals surface area contributed by atoms with Crippen LogP contribution in [0.15, 0.2) is 0 Å². The molecular weight excluding hydrogens is 264 g/mol. The lowest BCUT2D eigenvalue weighted by Gasteiger charge is -2.31. The van der Waals surface area contributed by atoms with Gasteiger partial charge in [-0.3, -0.25) is 4.79 Å². The van der Waals surface area contributed by atoms with Crippen molar-refractivity contribution < 1.29 is 9.90 Å². The summed E-state index contributed by atoms with van der Waals surface area (Å²) in [7, 11) is 0. The van der Waals surface area contributed by atoms with Gasteiger partial charge in [0.15, 0.2) is 0 Å². The van der Waals surface area contributed by atoms with E-state index in [2.05, 4.69) is 17.6 Å². The zero-order valence-electron chi connectivity index (χ0n) is 13.2. The Balaban J connectivity index is 1.48. The van der Waals surface area contributed by atoms with Gasteiger partial charge < -0.3 is 15.7 Å². The van der Waals surface area contributed by atoms with E-state index in [1.54, 1.807) is 0 Å². The summed E-state index contributed by atoms with van der Waals surface area (Å²) in [6, 6.07) is 0.901. The Morgan fingerprint density at radius 3 is 2.62 bits per heavy atom. The van der Waals surface area contributed by atoms with E-state index in [1.165, 1.54) is 19.3 Å². The second kappa shape index (κ2) is 6.66. The number of rotatable bonds is 3. The highest BCUT2D eigenvalue weighted by molar-refractivity contribution is 5.82. The molecule has 0 aromatic heterocycles. The summed E-state index contributed by atoms with van der Waals surface area (Å²) in [4.78, 5) is 12.5. The van der Waals surface area contributed by atoms with Gasteiger partial charge in [-0.05, 0) is 62.7 Å². The number of aliphatic hydroxyl groups excluding tert-OH is 1. The van der Waals surface area contributed by atoms with E-state index in [1.807, 2.05) is 0 Å². The smallest absolute Gasteiger partial charge is 0.237 e. The molecule has 1 saturated heterocycles. The number of amides is 1. The third-order valence-corrected chi connectivity index (χ3v) is 6.06. The maximum absolute atomic E-state index is 12.5. The average molecular weight is 294 g/mol. The SMILES string of the molecule is CC1CCCC2CC(C(=O)NC3CCC(CO)CC3)NC12. The Hall–Kier alpha value is -0.610. The first-order chi connectivity index (χ1) is 10.2. The number of hydrogen-bond donors (Lipinski definition) is 3. The average Bonchev–Trinajstić information content (AvgIpc) is 2.94. The minimum absolute atomic E-state index is 0.0242. The monoisotopic (exact) mass is 294 g/mol. The van der Waals surface area contributed by atoms with Crippen LogP contribution in [0.25, 0.3) is 0 Å². The second-order valence-electron chi connectivity index (χ2n) is 7.56. The van der Waals surface area contributed by atoms with Crippen molar-refractivity contribution in [2.24, 2.45) is 17.8 Å². The number of nitrogens with one attached hydrogen (secondary N) is 2. The van der Waals surface area contributed by atoms with Crippen molar-refractivity contribution in [1.82, 2.24) is 10.6 Å². The van der Waals surface area contributed by atoms with E-state index in [4.69, 9.17) is 0 Å². The van der Waals surface area contributed by atoms with Crippen LogP contribution in [0.5, 0.6) is 0 Å². The van der Waals surface area contributed by atoms with E-state index in [-0.39, 0.29) is 11.9 Å². The fourth-order valence-corrected chi connectivity index (χ4v) is 4.67. The van der Waals surface area contributed by atoms with Crippen LogP contribution < -0.4 is 10.6 Å². The van der Waals surface area contributed by atoms with E-state index >= 15 is 0 Å². The van der Waals surface area contributed by atoms with Crippen molar-refractivity contribution in [2.45, 2.75) is 76.4 Å². The van der Waals surface area contributed by atoms with Crippen LogP contribution in [0, 0.1) is 17.8 Å². The molecule has 2 aliphatic carbocycles. The van der Waals surface area contributed by atoms with E-state index in [0.717, 1.165) is 32.1 Å². The molecule has 4 nitrogen and oxygen atoms in total. The van der Waals surface area contributed by atoms with Gasteiger partial charge in [0.05, 0.1) is 6.04 Å². The van der Waals surface area contributed by atoms with Crippen molar-refractivity contribution in [3.8, 4) is 0 Å². The normalized spacial score (nSPS) is 43.3. The molecule has 4 unspecified atom stereocenters. The number of aliphatic hydroxyl groups is 1. The van der Waals surface area contributed by atoms with Crippen LogP contribution >= 0.6 is 0 Å². The highest BCUT2D eigenvalue weighted by Gasteiger charge is 2.41. The first-order valence-corrected chi connectivity index (χ1v) is 8.84. The molecule has 3 rings (SSSR count). The fourth-order valence-electron chi connectivity index (χ4n) is 4.67. The molecule has 3 aliphatic rings. The Morgan fingerprint density at radius 1 is 1.19 bits per heavy atom. The Kier molecular flexibility index (Phi) is 4.85. The first-order valence-electron chi connectivity index (χ1n) is 8.84. The largest absolute Gasteiger partial charge is 0.396 e. The number of carbonyl (C=O) groups is 1. The van der Waals surface area contributed by atoms with Crippen LogP contribution in [0.2, 0.25) is 0 Å². The van der Waals surface area contributed by atoms with Crippen LogP contribution in [0.1, 0.15) is 58.3 Å². The molecule has 0 aromatic carbocycles. The topological polar surface area (TPSA) is 61.4 Å². The molecule has 0 radical (unpaired) electrons. The van der Waals surface area contributed by atoms with Gasteiger partial charge in [0.25, 0.3) is 0 Å². The molecule has 21 heavy (non-hydrogen) atoms. The summed E-state index contributed by atoms with van der Waals surface area (Å²) in [6.07, 6.45) is 9.06. The minimum Gasteiger partial charge on any atom is -0.396 e. The standard InChI is InChI=1S/C17H30N2O2/c1-11-3-2-4-13-9-15(19-16(11)13)17(21)18-14-7-5-12(10-20)6-8-14/h11-16,19-20H,2-10H2,1H3,(H,18,21). The van der Waals surface area contributed by atoms with E-state index in [9.17, 15) is 9.90 Å². The molecule has 0 bridgehead atoms. The summed E-state index contributed by atoms with van der Waals surface area (Å²) in [5.41, 5.74) is 0.